The molecule has 2 N–H and O–H groups in total. The monoisotopic (exact) mass is 427 g/mol. The first-order chi connectivity index (χ1) is 14.3. The van der Waals surface area contributed by atoms with Crippen molar-refractivity contribution in [2.24, 2.45) is 4.99 Å². The number of aliphatic imine (C=N–C) groups is 1. The number of nitrogens with one attached hydrogen (secondary N) is 2. The van der Waals surface area contributed by atoms with Crippen LogP contribution in [0, 0.1) is 5.82 Å². The van der Waals surface area contributed by atoms with Gasteiger partial charge in [-0.15, -0.1) is 0 Å². The van der Waals surface area contributed by atoms with Crippen LogP contribution in [0.15, 0.2) is 65.7 Å². The van der Waals surface area contributed by atoms with Gasteiger partial charge in [-0.1, -0.05) is 42.5 Å². The summed E-state index contributed by atoms with van der Waals surface area (Å²) in [6, 6.07) is 18.6. The summed E-state index contributed by atoms with van der Waals surface area (Å²) >= 11 is 0. The highest BCUT2D eigenvalue weighted by Crippen LogP contribution is 2.17. The molecule has 0 aromatic heterocycles. The van der Waals surface area contributed by atoms with E-state index in [4.69, 9.17) is 0 Å². The van der Waals surface area contributed by atoms with Crippen molar-refractivity contribution in [2.45, 2.75) is 25.8 Å². The molecule has 0 aliphatic rings. The molecule has 3 rings (SSSR count). The zero-order valence-corrected chi connectivity index (χ0v) is 18.0. The number of benzene rings is 3. The third-order valence-corrected chi connectivity index (χ3v) is 5.45. The molecule has 158 valence electrons. The first-order valence-corrected chi connectivity index (χ1v) is 11.8. The Kier molecular flexibility index (Phi) is 7.05. The lowest BCUT2D eigenvalue weighted by Gasteiger charge is -2.14. The van der Waals surface area contributed by atoms with Crippen molar-refractivity contribution in [1.82, 2.24) is 10.6 Å². The van der Waals surface area contributed by atoms with Crippen LogP contribution in [-0.2, 0) is 28.7 Å². The first kappa shape index (κ1) is 21.8. The van der Waals surface area contributed by atoms with Crippen molar-refractivity contribution >= 4 is 26.6 Å². The molecular formula is C23H26FN3O2S. The summed E-state index contributed by atoms with van der Waals surface area (Å²) in [7, 11) is -3.22. The van der Waals surface area contributed by atoms with Crippen LogP contribution in [0.1, 0.15) is 23.6 Å². The molecule has 0 fully saturated rings. The smallest absolute Gasteiger partial charge is 0.191 e. The molecule has 0 atom stereocenters. The molecule has 30 heavy (non-hydrogen) atoms. The van der Waals surface area contributed by atoms with Crippen LogP contribution in [0.4, 0.5) is 4.39 Å². The molecule has 3 aromatic carbocycles. The lowest BCUT2D eigenvalue weighted by Crippen LogP contribution is -2.37. The van der Waals surface area contributed by atoms with Crippen molar-refractivity contribution < 1.29 is 12.8 Å². The van der Waals surface area contributed by atoms with Gasteiger partial charge in [0.15, 0.2) is 15.8 Å². The highest BCUT2D eigenvalue weighted by atomic mass is 32.2. The van der Waals surface area contributed by atoms with Crippen molar-refractivity contribution in [3.8, 4) is 0 Å². The number of rotatable bonds is 7. The number of nitrogens with zero attached hydrogens (tertiary/aromatic N) is 1. The zero-order valence-electron chi connectivity index (χ0n) is 17.2. The minimum absolute atomic E-state index is 0.130. The van der Waals surface area contributed by atoms with E-state index in [0.717, 1.165) is 10.9 Å². The second-order valence-corrected chi connectivity index (χ2v) is 9.35. The van der Waals surface area contributed by atoms with E-state index in [0.29, 0.717) is 30.2 Å². The molecule has 0 unspecified atom stereocenters. The molecule has 3 aromatic rings. The Morgan fingerprint density at radius 2 is 1.73 bits per heavy atom. The Bertz CT molecular complexity index is 1160. The summed E-state index contributed by atoms with van der Waals surface area (Å²) in [5.74, 6) is 0.0529. The summed E-state index contributed by atoms with van der Waals surface area (Å²) in [4.78, 5) is 4.61. The average Bonchev–Trinajstić information content (AvgIpc) is 2.70. The molecule has 5 nitrogen and oxygen atoms in total. The number of hydrogen-bond acceptors (Lipinski definition) is 3. The van der Waals surface area contributed by atoms with Gasteiger partial charge in [0, 0.05) is 19.3 Å². The van der Waals surface area contributed by atoms with Crippen molar-refractivity contribution in [3.05, 3.63) is 83.2 Å². The fourth-order valence-electron chi connectivity index (χ4n) is 3.21. The van der Waals surface area contributed by atoms with E-state index in [-0.39, 0.29) is 12.3 Å². The quantitative estimate of drug-likeness (QED) is 0.445. The number of guanidine groups is 1. The summed E-state index contributed by atoms with van der Waals surface area (Å²) in [6.07, 6.45) is 1.17. The van der Waals surface area contributed by atoms with Crippen LogP contribution >= 0.6 is 0 Å². The van der Waals surface area contributed by atoms with Gasteiger partial charge in [0.1, 0.15) is 5.82 Å². The summed E-state index contributed by atoms with van der Waals surface area (Å²) in [5.41, 5.74) is 2.25. The van der Waals surface area contributed by atoms with E-state index < -0.39 is 15.7 Å². The predicted octanol–water partition coefficient (Wildman–Crippen LogP) is 3.78. The SMILES string of the molecule is CCNC(=NCc1ccc2ccccc2c1)NCc1cc(F)ccc1CS(C)(=O)=O. The Labute approximate surface area is 177 Å². The van der Waals surface area contributed by atoms with Crippen LogP contribution in [-0.4, -0.2) is 27.2 Å². The van der Waals surface area contributed by atoms with Crippen molar-refractivity contribution in [1.29, 1.82) is 0 Å². The maximum absolute atomic E-state index is 13.7. The Morgan fingerprint density at radius 1 is 0.967 bits per heavy atom. The fourth-order valence-corrected chi connectivity index (χ4v) is 4.06. The molecule has 0 spiro atoms. The molecule has 0 saturated heterocycles. The van der Waals surface area contributed by atoms with Gasteiger partial charge in [-0.2, -0.15) is 0 Å². The third kappa shape index (κ3) is 6.29. The maximum atomic E-state index is 13.7. The number of halogens is 1. The van der Waals surface area contributed by atoms with Gasteiger partial charge < -0.3 is 10.6 Å². The molecule has 0 aliphatic heterocycles. The van der Waals surface area contributed by atoms with E-state index in [1.807, 2.05) is 25.1 Å². The van der Waals surface area contributed by atoms with Gasteiger partial charge in [-0.3, -0.25) is 0 Å². The minimum atomic E-state index is -3.22. The van der Waals surface area contributed by atoms with E-state index in [2.05, 4.69) is 39.9 Å². The van der Waals surface area contributed by atoms with Gasteiger partial charge in [-0.05, 0) is 52.6 Å². The molecule has 0 radical (unpaired) electrons. The first-order valence-electron chi connectivity index (χ1n) is 9.79. The van der Waals surface area contributed by atoms with Gasteiger partial charge in [-0.25, -0.2) is 17.8 Å². The second kappa shape index (κ2) is 9.71. The third-order valence-electron chi connectivity index (χ3n) is 4.61. The Hall–Kier alpha value is -2.93. The maximum Gasteiger partial charge on any atom is 0.191 e. The van der Waals surface area contributed by atoms with Crippen LogP contribution < -0.4 is 10.6 Å². The standard InChI is InChI=1S/C23H26FN3O2S/c1-3-25-23(26-14-17-8-9-18-6-4-5-7-19(18)12-17)27-15-21-13-22(24)11-10-20(21)16-30(2,28)29/h4-13H,3,14-16H2,1-2H3,(H2,25,26,27). The minimum Gasteiger partial charge on any atom is -0.357 e. The summed E-state index contributed by atoms with van der Waals surface area (Å²) < 4.78 is 37.1. The van der Waals surface area contributed by atoms with Gasteiger partial charge in [0.25, 0.3) is 0 Å². The van der Waals surface area contributed by atoms with Crippen LogP contribution in [0.3, 0.4) is 0 Å². The van der Waals surface area contributed by atoms with Gasteiger partial charge in [0.05, 0.1) is 12.3 Å². The lowest BCUT2D eigenvalue weighted by atomic mass is 10.1. The molecular weight excluding hydrogens is 401 g/mol. The van der Waals surface area contributed by atoms with Crippen LogP contribution in [0.2, 0.25) is 0 Å². The molecule has 7 heteroatoms. The second-order valence-electron chi connectivity index (χ2n) is 7.21. The number of sulfone groups is 1. The largest absolute Gasteiger partial charge is 0.357 e. The molecule has 0 aliphatic carbocycles. The zero-order chi connectivity index (χ0) is 21.6. The van der Waals surface area contributed by atoms with E-state index in [9.17, 15) is 12.8 Å². The highest BCUT2D eigenvalue weighted by molar-refractivity contribution is 7.89. The van der Waals surface area contributed by atoms with E-state index in [1.165, 1.54) is 29.8 Å². The van der Waals surface area contributed by atoms with Gasteiger partial charge in [0.2, 0.25) is 0 Å². The summed E-state index contributed by atoms with van der Waals surface area (Å²) in [6.45, 7) is 3.39. The van der Waals surface area contributed by atoms with Crippen molar-refractivity contribution in [3.63, 3.8) is 0 Å². The Morgan fingerprint density at radius 3 is 2.47 bits per heavy atom. The van der Waals surface area contributed by atoms with E-state index in [1.54, 1.807) is 0 Å². The van der Waals surface area contributed by atoms with E-state index >= 15 is 0 Å². The topological polar surface area (TPSA) is 70.6 Å². The highest BCUT2D eigenvalue weighted by Gasteiger charge is 2.11. The predicted molar refractivity (Wildman–Crippen MR) is 121 cm³/mol. The average molecular weight is 428 g/mol. The van der Waals surface area contributed by atoms with Crippen LogP contribution in [0.25, 0.3) is 10.8 Å². The molecule has 0 heterocycles. The van der Waals surface area contributed by atoms with Crippen molar-refractivity contribution in [2.75, 3.05) is 12.8 Å². The van der Waals surface area contributed by atoms with Crippen LogP contribution in [0.5, 0.6) is 0 Å². The molecule has 0 bridgehead atoms. The number of hydrogen-bond donors (Lipinski definition) is 2. The van der Waals surface area contributed by atoms with Gasteiger partial charge >= 0.3 is 0 Å². The Balaban J connectivity index is 1.74. The summed E-state index contributed by atoms with van der Waals surface area (Å²) in [5, 5.41) is 8.69. The normalized spacial score (nSPS) is 12.2. The lowest BCUT2D eigenvalue weighted by molar-refractivity contribution is 0.599. The number of fused-ring (bicyclic) bond motifs is 1. The molecule has 0 amide bonds. The fraction of sp³-hybridized carbons (Fsp3) is 0.261. The molecule has 0 saturated carbocycles.